The lowest BCUT2D eigenvalue weighted by molar-refractivity contribution is -0.385. The highest BCUT2D eigenvalue weighted by molar-refractivity contribution is 7.81. The van der Waals surface area contributed by atoms with Crippen molar-refractivity contribution in [2.45, 2.75) is 13.8 Å². The Kier molecular flexibility index (Phi) is 4.44. The SMILES string of the molecule is CC(=O)C1C(=O)c2c(c(Cl)cc(OS(=O)(=O)O)c2[N+](=O)[O-])N=C1C. The molecular formula is C12H9ClN2O8S. The molecule has 1 atom stereocenters. The predicted octanol–water partition coefficient (Wildman–Crippen LogP) is 1.92. The Balaban J connectivity index is 2.87. The van der Waals surface area contributed by atoms with Crippen molar-refractivity contribution in [1.29, 1.82) is 0 Å². The number of aliphatic imine (C=N–C) groups is 1. The van der Waals surface area contributed by atoms with Crippen LogP contribution in [0.3, 0.4) is 0 Å². The van der Waals surface area contributed by atoms with Crippen LogP contribution >= 0.6 is 11.6 Å². The molecular weight excluding hydrogens is 368 g/mol. The lowest BCUT2D eigenvalue weighted by atomic mass is 9.86. The van der Waals surface area contributed by atoms with Crippen LogP contribution in [-0.4, -0.2) is 35.2 Å². The Morgan fingerprint density at radius 1 is 1.50 bits per heavy atom. The number of carbonyl (C=O) groups excluding carboxylic acids is 2. The minimum atomic E-state index is -5.11. The van der Waals surface area contributed by atoms with E-state index in [1.165, 1.54) is 6.92 Å². The molecule has 0 fully saturated rings. The Morgan fingerprint density at radius 2 is 2.08 bits per heavy atom. The molecule has 0 bridgehead atoms. The summed E-state index contributed by atoms with van der Waals surface area (Å²) in [6.07, 6.45) is 0. The molecule has 1 aliphatic rings. The number of fused-ring (bicyclic) bond motifs is 1. The van der Waals surface area contributed by atoms with Gasteiger partial charge in [0.15, 0.2) is 5.78 Å². The summed E-state index contributed by atoms with van der Waals surface area (Å²) in [4.78, 5) is 38.4. The predicted molar refractivity (Wildman–Crippen MR) is 81.6 cm³/mol. The van der Waals surface area contributed by atoms with Crippen molar-refractivity contribution in [2.24, 2.45) is 10.9 Å². The molecule has 10 nitrogen and oxygen atoms in total. The van der Waals surface area contributed by atoms with E-state index in [1.54, 1.807) is 0 Å². The van der Waals surface area contributed by atoms with Gasteiger partial charge in [0.1, 0.15) is 17.3 Å². The highest BCUT2D eigenvalue weighted by Crippen LogP contribution is 2.46. The molecule has 12 heteroatoms. The van der Waals surface area contributed by atoms with Crippen LogP contribution in [0.1, 0.15) is 24.2 Å². The third kappa shape index (κ3) is 3.13. The van der Waals surface area contributed by atoms with Crippen molar-refractivity contribution in [3.63, 3.8) is 0 Å². The monoisotopic (exact) mass is 376 g/mol. The van der Waals surface area contributed by atoms with Gasteiger partial charge in [0.2, 0.25) is 5.75 Å². The average Bonchev–Trinajstić information content (AvgIpc) is 2.37. The van der Waals surface area contributed by atoms with Gasteiger partial charge in [-0.05, 0) is 13.8 Å². The molecule has 0 amide bonds. The fourth-order valence-electron chi connectivity index (χ4n) is 2.36. The van der Waals surface area contributed by atoms with E-state index < -0.39 is 49.8 Å². The minimum Gasteiger partial charge on any atom is -0.354 e. The largest absolute Gasteiger partial charge is 0.446 e. The summed E-state index contributed by atoms with van der Waals surface area (Å²) in [5, 5.41) is 11.0. The standard InChI is InChI=1S/C12H9ClN2O8S/c1-4-8(5(2)16)12(17)9-10(14-4)6(13)3-7(11(9)15(18)19)23-24(20,21)22/h3,8H,1-2H3,(H,20,21,22). The molecule has 1 aromatic rings. The summed E-state index contributed by atoms with van der Waals surface area (Å²) < 4.78 is 34.6. The number of benzene rings is 1. The second-order valence-corrected chi connectivity index (χ2v) is 6.29. The van der Waals surface area contributed by atoms with Crippen LogP contribution in [0, 0.1) is 16.0 Å². The molecule has 2 rings (SSSR count). The zero-order valence-corrected chi connectivity index (χ0v) is 13.7. The van der Waals surface area contributed by atoms with E-state index in [0.29, 0.717) is 0 Å². The van der Waals surface area contributed by atoms with Crippen molar-refractivity contribution in [1.82, 2.24) is 0 Å². The van der Waals surface area contributed by atoms with E-state index in [2.05, 4.69) is 9.18 Å². The topological polar surface area (TPSA) is 153 Å². The first-order valence-electron chi connectivity index (χ1n) is 6.21. The van der Waals surface area contributed by atoms with Gasteiger partial charge in [-0.25, -0.2) is 0 Å². The van der Waals surface area contributed by atoms with E-state index in [9.17, 15) is 28.1 Å². The van der Waals surface area contributed by atoms with Gasteiger partial charge in [-0.15, -0.1) is 0 Å². The van der Waals surface area contributed by atoms with Crippen LogP contribution in [-0.2, 0) is 15.2 Å². The first kappa shape index (κ1) is 18.0. The second-order valence-electron chi connectivity index (χ2n) is 4.86. The van der Waals surface area contributed by atoms with Gasteiger partial charge < -0.3 is 4.18 Å². The quantitative estimate of drug-likeness (QED) is 0.362. The maximum absolute atomic E-state index is 12.5. The number of nitrogens with zero attached hydrogens (tertiary/aromatic N) is 2. The van der Waals surface area contributed by atoms with Crippen LogP contribution in [0.2, 0.25) is 5.02 Å². The fourth-order valence-corrected chi connectivity index (χ4v) is 2.95. The molecule has 24 heavy (non-hydrogen) atoms. The van der Waals surface area contributed by atoms with Crippen molar-refractivity contribution in [2.75, 3.05) is 0 Å². The van der Waals surface area contributed by atoms with Gasteiger partial charge >= 0.3 is 16.1 Å². The van der Waals surface area contributed by atoms with Crippen LogP contribution in [0.4, 0.5) is 11.4 Å². The van der Waals surface area contributed by atoms with Crippen molar-refractivity contribution in [3.8, 4) is 5.75 Å². The summed E-state index contributed by atoms with van der Waals surface area (Å²) in [6.45, 7) is 2.50. The van der Waals surface area contributed by atoms with Crippen LogP contribution in [0.15, 0.2) is 11.1 Å². The third-order valence-corrected chi connectivity index (χ3v) is 3.87. The maximum atomic E-state index is 12.5. The summed E-state index contributed by atoms with van der Waals surface area (Å²) in [5.74, 6) is -3.87. The first-order valence-corrected chi connectivity index (χ1v) is 7.96. The van der Waals surface area contributed by atoms with Gasteiger partial charge in [-0.1, -0.05) is 11.6 Å². The average molecular weight is 377 g/mol. The zero-order chi connectivity index (χ0) is 18.4. The summed E-state index contributed by atoms with van der Waals surface area (Å²) in [6, 6.07) is 0.741. The highest BCUT2D eigenvalue weighted by Gasteiger charge is 2.41. The molecule has 0 aromatic heterocycles. The molecule has 1 aromatic carbocycles. The Bertz CT molecular complexity index is 921. The molecule has 0 saturated heterocycles. The summed E-state index contributed by atoms with van der Waals surface area (Å²) in [7, 11) is -5.11. The molecule has 0 aliphatic carbocycles. The van der Waals surface area contributed by atoms with Gasteiger partial charge in [0, 0.05) is 11.8 Å². The Labute approximate surface area is 140 Å². The van der Waals surface area contributed by atoms with E-state index in [4.69, 9.17) is 16.2 Å². The Hall–Kier alpha value is -2.37. The number of halogens is 1. The third-order valence-electron chi connectivity index (χ3n) is 3.19. The number of ketones is 2. The van der Waals surface area contributed by atoms with E-state index in [1.807, 2.05) is 0 Å². The van der Waals surface area contributed by atoms with Crippen LogP contribution in [0.5, 0.6) is 5.75 Å². The fraction of sp³-hybridized carbons (Fsp3) is 0.250. The Morgan fingerprint density at radius 3 is 2.54 bits per heavy atom. The smallest absolute Gasteiger partial charge is 0.354 e. The van der Waals surface area contributed by atoms with Crippen LogP contribution in [0.25, 0.3) is 0 Å². The summed E-state index contributed by atoms with van der Waals surface area (Å²) >= 11 is 5.89. The number of hydrogen-bond acceptors (Lipinski definition) is 8. The van der Waals surface area contributed by atoms with Crippen molar-refractivity contribution in [3.05, 3.63) is 26.8 Å². The molecule has 0 radical (unpaired) electrons. The zero-order valence-electron chi connectivity index (χ0n) is 12.1. The maximum Gasteiger partial charge on any atom is 0.446 e. The molecule has 0 spiro atoms. The number of rotatable bonds is 4. The van der Waals surface area contributed by atoms with E-state index in [0.717, 1.165) is 13.0 Å². The first-order chi connectivity index (χ1) is 10.9. The molecule has 1 aliphatic heterocycles. The lowest BCUT2D eigenvalue weighted by Crippen LogP contribution is -2.32. The normalized spacial score (nSPS) is 17.1. The minimum absolute atomic E-state index is 0.0969. The molecule has 0 saturated carbocycles. The lowest BCUT2D eigenvalue weighted by Gasteiger charge is -2.21. The van der Waals surface area contributed by atoms with Gasteiger partial charge in [0.25, 0.3) is 0 Å². The number of carbonyl (C=O) groups is 2. The van der Waals surface area contributed by atoms with Crippen LogP contribution < -0.4 is 4.18 Å². The molecule has 1 N–H and O–H groups in total. The number of hydrogen-bond donors (Lipinski definition) is 1. The highest BCUT2D eigenvalue weighted by atomic mass is 35.5. The van der Waals surface area contributed by atoms with Crippen molar-refractivity contribution < 1.29 is 31.7 Å². The number of nitro groups is 1. The molecule has 128 valence electrons. The second kappa shape index (κ2) is 5.92. The van der Waals surface area contributed by atoms with Gasteiger partial charge in [-0.2, -0.15) is 8.42 Å². The van der Waals surface area contributed by atoms with Gasteiger partial charge in [-0.3, -0.25) is 29.2 Å². The van der Waals surface area contributed by atoms with Gasteiger partial charge in [0.05, 0.1) is 15.6 Å². The van der Waals surface area contributed by atoms with Crippen molar-refractivity contribution >= 4 is 50.7 Å². The molecule has 1 unspecified atom stereocenters. The number of Topliss-reactive ketones (excluding diaryl/α,β-unsaturated/α-hetero) is 2. The van der Waals surface area contributed by atoms with E-state index >= 15 is 0 Å². The van der Waals surface area contributed by atoms with E-state index in [-0.39, 0.29) is 16.4 Å². The summed E-state index contributed by atoms with van der Waals surface area (Å²) in [5.41, 5.74) is -1.89. The number of nitro benzene ring substituents is 1. The molecule has 1 heterocycles.